The molecule has 106 valence electrons. The first-order chi connectivity index (χ1) is 8.90. The van der Waals surface area contributed by atoms with Crippen LogP contribution in [0.4, 0.5) is 0 Å². The van der Waals surface area contributed by atoms with Gasteiger partial charge in [0.25, 0.3) is 10.2 Å². The number of hydrogen-bond acceptors (Lipinski definition) is 3. The number of halogens is 1. The van der Waals surface area contributed by atoms with Crippen LogP contribution < -0.4 is 4.72 Å². The molecular formula is C12H17ClN2O3S. The molecule has 0 spiro atoms. The van der Waals surface area contributed by atoms with Crippen molar-refractivity contribution in [2.24, 2.45) is 0 Å². The fourth-order valence-electron chi connectivity index (χ4n) is 1.99. The Hall–Kier alpha value is -0.660. The summed E-state index contributed by atoms with van der Waals surface area (Å²) >= 11 is 5.84. The normalized spacial score (nSPS) is 24.0. The van der Waals surface area contributed by atoms with Crippen LogP contribution in [0.5, 0.6) is 0 Å². The summed E-state index contributed by atoms with van der Waals surface area (Å²) in [7, 11) is -0.462. The van der Waals surface area contributed by atoms with Gasteiger partial charge < -0.3 is 4.74 Å². The second kappa shape index (κ2) is 5.76. The van der Waals surface area contributed by atoms with E-state index in [2.05, 4.69) is 4.72 Å². The fraction of sp³-hybridized carbons (Fsp3) is 0.500. The molecule has 2 atom stereocenters. The predicted octanol–water partition coefficient (Wildman–Crippen LogP) is 1.57. The first-order valence-electron chi connectivity index (χ1n) is 5.97. The van der Waals surface area contributed by atoms with Crippen LogP contribution in [0, 0.1) is 0 Å². The topological polar surface area (TPSA) is 58.6 Å². The highest BCUT2D eigenvalue weighted by Gasteiger charge is 2.33. The summed E-state index contributed by atoms with van der Waals surface area (Å²) in [6.45, 7) is 0.536. The lowest BCUT2D eigenvalue weighted by Gasteiger charge is -2.22. The maximum absolute atomic E-state index is 11.9. The molecule has 1 aliphatic heterocycles. The second-order valence-corrected chi connectivity index (χ2v) is 7.00. The summed E-state index contributed by atoms with van der Waals surface area (Å²) in [6.07, 6.45) is 0.382. The summed E-state index contributed by atoms with van der Waals surface area (Å²) in [5.41, 5.74) is 0.924. The van der Waals surface area contributed by atoms with Gasteiger partial charge in [0.15, 0.2) is 0 Å². The number of nitrogens with zero attached hydrogens (tertiary/aromatic N) is 1. The minimum Gasteiger partial charge on any atom is -0.372 e. The Bertz CT molecular complexity index is 530. The lowest BCUT2D eigenvalue weighted by molar-refractivity contribution is 0.102. The van der Waals surface area contributed by atoms with E-state index in [-0.39, 0.29) is 12.1 Å². The molecule has 1 aromatic rings. The van der Waals surface area contributed by atoms with E-state index >= 15 is 0 Å². The largest absolute Gasteiger partial charge is 0.372 e. The maximum atomic E-state index is 11.9. The number of nitrogens with one attached hydrogen (secondary N) is 1. The highest BCUT2D eigenvalue weighted by molar-refractivity contribution is 7.87. The zero-order valence-corrected chi connectivity index (χ0v) is 12.4. The van der Waals surface area contributed by atoms with Gasteiger partial charge in [0, 0.05) is 25.7 Å². The Morgan fingerprint density at radius 1 is 1.32 bits per heavy atom. The van der Waals surface area contributed by atoms with Crippen molar-refractivity contribution in [2.45, 2.75) is 18.6 Å². The molecular weight excluding hydrogens is 288 g/mol. The number of rotatable bonds is 4. The third-order valence-electron chi connectivity index (χ3n) is 3.07. The lowest BCUT2D eigenvalue weighted by atomic mass is 10.0. The third kappa shape index (κ3) is 3.46. The van der Waals surface area contributed by atoms with E-state index in [0.29, 0.717) is 18.1 Å². The third-order valence-corrected chi connectivity index (χ3v) is 4.89. The first-order valence-corrected chi connectivity index (χ1v) is 7.79. The van der Waals surface area contributed by atoms with Crippen LogP contribution in [-0.2, 0) is 14.9 Å². The molecule has 1 saturated heterocycles. The fourth-order valence-corrected chi connectivity index (χ4v) is 2.95. The Balaban J connectivity index is 2.15. The van der Waals surface area contributed by atoms with Crippen LogP contribution >= 0.6 is 11.6 Å². The van der Waals surface area contributed by atoms with Crippen LogP contribution in [0.15, 0.2) is 24.3 Å². The SMILES string of the molecule is CN(C)S(=O)(=O)NC1CCOC1c1ccc(Cl)cc1. The molecule has 0 saturated carbocycles. The lowest BCUT2D eigenvalue weighted by Crippen LogP contribution is -2.43. The van der Waals surface area contributed by atoms with Gasteiger partial charge in [0.2, 0.25) is 0 Å². The van der Waals surface area contributed by atoms with E-state index < -0.39 is 10.2 Å². The van der Waals surface area contributed by atoms with E-state index in [4.69, 9.17) is 16.3 Å². The molecule has 7 heteroatoms. The molecule has 1 fully saturated rings. The molecule has 1 aromatic carbocycles. The summed E-state index contributed by atoms with van der Waals surface area (Å²) in [5, 5.41) is 0.646. The Morgan fingerprint density at radius 3 is 2.53 bits per heavy atom. The molecule has 0 radical (unpaired) electrons. The van der Waals surface area contributed by atoms with Crippen molar-refractivity contribution in [1.29, 1.82) is 0 Å². The molecule has 2 rings (SSSR count). The maximum Gasteiger partial charge on any atom is 0.279 e. The van der Waals surface area contributed by atoms with Gasteiger partial charge in [-0.3, -0.25) is 0 Å². The zero-order chi connectivity index (χ0) is 14.0. The monoisotopic (exact) mass is 304 g/mol. The number of hydrogen-bond donors (Lipinski definition) is 1. The molecule has 1 aliphatic rings. The minimum absolute atomic E-state index is 0.256. The van der Waals surface area contributed by atoms with Gasteiger partial charge in [-0.05, 0) is 24.1 Å². The molecule has 0 amide bonds. The standard InChI is InChI=1S/C12H17ClN2O3S/c1-15(2)19(16,17)14-11-7-8-18-12(11)9-3-5-10(13)6-4-9/h3-6,11-12,14H,7-8H2,1-2H3. The van der Waals surface area contributed by atoms with Crippen molar-refractivity contribution < 1.29 is 13.2 Å². The van der Waals surface area contributed by atoms with E-state index in [9.17, 15) is 8.42 Å². The quantitative estimate of drug-likeness (QED) is 0.918. The van der Waals surface area contributed by atoms with Crippen molar-refractivity contribution >= 4 is 21.8 Å². The van der Waals surface area contributed by atoms with Gasteiger partial charge in [-0.15, -0.1) is 0 Å². The summed E-state index contributed by atoms with van der Waals surface area (Å²) in [5.74, 6) is 0. The van der Waals surface area contributed by atoms with E-state index in [1.165, 1.54) is 14.1 Å². The van der Waals surface area contributed by atoms with Gasteiger partial charge in [-0.25, -0.2) is 0 Å². The Kier molecular flexibility index (Phi) is 4.47. The van der Waals surface area contributed by atoms with Crippen molar-refractivity contribution in [3.63, 3.8) is 0 Å². The smallest absolute Gasteiger partial charge is 0.279 e. The van der Waals surface area contributed by atoms with E-state index in [0.717, 1.165) is 9.87 Å². The van der Waals surface area contributed by atoms with Gasteiger partial charge >= 0.3 is 0 Å². The molecule has 0 aromatic heterocycles. The van der Waals surface area contributed by atoms with E-state index in [1.807, 2.05) is 12.1 Å². The number of benzene rings is 1. The van der Waals surface area contributed by atoms with Crippen LogP contribution in [-0.4, -0.2) is 39.5 Å². The van der Waals surface area contributed by atoms with Gasteiger partial charge in [0.05, 0.1) is 12.1 Å². The minimum atomic E-state index is -3.45. The van der Waals surface area contributed by atoms with Crippen LogP contribution in [0.3, 0.4) is 0 Å². The highest BCUT2D eigenvalue weighted by Crippen LogP contribution is 2.30. The van der Waals surface area contributed by atoms with Crippen LogP contribution in [0.2, 0.25) is 5.02 Å². The van der Waals surface area contributed by atoms with Crippen molar-refractivity contribution in [3.05, 3.63) is 34.9 Å². The summed E-state index contributed by atoms with van der Waals surface area (Å²) < 4.78 is 33.2. The molecule has 1 heterocycles. The summed E-state index contributed by atoms with van der Waals surface area (Å²) in [4.78, 5) is 0. The van der Waals surface area contributed by atoms with Gasteiger partial charge in [0.1, 0.15) is 0 Å². The molecule has 0 aliphatic carbocycles. The van der Waals surface area contributed by atoms with Gasteiger partial charge in [-0.2, -0.15) is 17.4 Å². The average molecular weight is 305 g/mol. The Morgan fingerprint density at radius 2 is 1.95 bits per heavy atom. The molecule has 0 bridgehead atoms. The molecule has 5 nitrogen and oxygen atoms in total. The zero-order valence-electron chi connectivity index (χ0n) is 10.8. The first kappa shape index (κ1) is 14.7. The van der Waals surface area contributed by atoms with Crippen molar-refractivity contribution in [3.8, 4) is 0 Å². The number of ether oxygens (including phenoxy) is 1. The predicted molar refractivity (Wildman–Crippen MR) is 74.3 cm³/mol. The van der Waals surface area contributed by atoms with Crippen molar-refractivity contribution in [2.75, 3.05) is 20.7 Å². The Labute approximate surface area is 118 Å². The van der Waals surface area contributed by atoms with Crippen molar-refractivity contribution in [1.82, 2.24) is 9.03 Å². The summed E-state index contributed by atoms with van der Waals surface area (Å²) in [6, 6.07) is 7.00. The average Bonchev–Trinajstić information content (AvgIpc) is 2.77. The second-order valence-electron chi connectivity index (χ2n) is 4.64. The van der Waals surface area contributed by atoms with Crippen LogP contribution in [0.1, 0.15) is 18.1 Å². The molecule has 19 heavy (non-hydrogen) atoms. The van der Waals surface area contributed by atoms with E-state index in [1.54, 1.807) is 12.1 Å². The van der Waals surface area contributed by atoms with Gasteiger partial charge in [-0.1, -0.05) is 23.7 Å². The van der Waals surface area contributed by atoms with Crippen LogP contribution in [0.25, 0.3) is 0 Å². The molecule has 1 N–H and O–H groups in total. The molecule has 2 unspecified atom stereocenters. The highest BCUT2D eigenvalue weighted by atomic mass is 35.5.